The van der Waals surface area contributed by atoms with E-state index in [1.165, 1.54) is 70.6 Å². The molecule has 5 nitrogen and oxygen atoms in total. The predicted octanol–water partition coefficient (Wildman–Crippen LogP) is 7.02. The maximum Gasteiger partial charge on any atom is 0.333 e. The van der Waals surface area contributed by atoms with E-state index in [0.29, 0.717) is 24.5 Å². The molecule has 0 aromatic carbocycles. The number of fused-ring (bicyclic) bond motifs is 2. The Hall–Kier alpha value is -0.940. The third kappa shape index (κ3) is 8.55. The summed E-state index contributed by atoms with van der Waals surface area (Å²) in [6.45, 7) is 10.6. The molecule has 204 valence electrons. The topological polar surface area (TPSA) is 79.1 Å². The van der Waals surface area contributed by atoms with Gasteiger partial charge in [-0.05, 0) is 50.4 Å². The van der Waals surface area contributed by atoms with Crippen LogP contribution in [0.5, 0.6) is 0 Å². The lowest BCUT2D eigenvalue weighted by atomic mass is 9.44. The first-order chi connectivity index (χ1) is 16.7. The summed E-state index contributed by atoms with van der Waals surface area (Å²) in [7, 11) is 0. The van der Waals surface area contributed by atoms with E-state index in [0.717, 1.165) is 19.3 Å². The fourth-order valence-electron chi connectivity index (χ4n) is 6.36. The van der Waals surface area contributed by atoms with Crippen LogP contribution in [0.1, 0.15) is 137 Å². The molecule has 0 spiro atoms. The lowest BCUT2D eigenvalue weighted by Crippen LogP contribution is -2.65. The van der Waals surface area contributed by atoms with Crippen molar-refractivity contribution >= 4 is 11.7 Å². The Balaban J connectivity index is 1.72. The fourth-order valence-corrected chi connectivity index (χ4v) is 6.36. The van der Waals surface area contributed by atoms with Gasteiger partial charge in [0.15, 0.2) is 6.04 Å². The van der Waals surface area contributed by atoms with Crippen molar-refractivity contribution in [3.05, 3.63) is 0 Å². The number of aliphatic hydroxyl groups is 2. The highest BCUT2D eigenvalue weighted by Crippen LogP contribution is 2.61. The van der Waals surface area contributed by atoms with Crippen LogP contribution in [0.2, 0.25) is 0 Å². The molecule has 0 aromatic heterocycles. The van der Waals surface area contributed by atoms with Gasteiger partial charge < -0.3 is 14.9 Å². The van der Waals surface area contributed by atoms with Crippen LogP contribution in [0, 0.1) is 17.3 Å². The minimum Gasteiger partial charge on any atom is -0.464 e. The van der Waals surface area contributed by atoms with Gasteiger partial charge in [0.25, 0.3) is 0 Å². The maximum atomic E-state index is 12.7. The first-order valence-electron chi connectivity index (χ1n) is 14.8. The van der Waals surface area contributed by atoms with Crippen molar-refractivity contribution in [2.45, 2.75) is 155 Å². The number of ether oxygens (including phenoxy) is 1. The lowest BCUT2D eigenvalue weighted by Gasteiger charge is -2.62. The number of hydrogen-bond acceptors (Lipinski definition) is 5. The minimum atomic E-state index is -1.03. The van der Waals surface area contributed by atoms with Crippen molar-refractivity contribution in [1.29, 1.82) is 0 Å². The number of unbranched alkanes of at least 4 members (excludes halogenated alkanes) is 12. The molecule has 3 aliphatic rings. The first-order valence-corrected chi connectivity index (χ1v) is 14.8. The third-order valence-electron chi connectivity index (χ3n) is 8.96. The SMILES string of the molecule is CCCCCCCCCCCCCCC[C@@H](O)[C@@H](N=C1C[C@H]2C[C@H](C2(C)C)[C@@]1(C)O)C(=O)OCC. The number of nitrogens with zero attached hydrogens (tertiary/aromatic N) is 1. The Morgan fingerprint density at radius 1 is 0.943 bits per heavy atom. The van der Waals surface area contributed by atoms with Crippen molar-refractivity contribution in [3.63, 3.8) is 0 Å². The van der Waals surface area contributed by atoms with Crippen molar-refractivity contribution in [2.75, 3.05) is 6.61 Å². The molecule has 2 bridgehead atoms. The molecule has 35 heavy (non-hydrogen) atoms. The van der Waals surface area contributed by atoms with Gasteiger partial charge in [0.1, 0.15) is 5.60 Å². The normalized spacial score (nSPS) is 27.9. The van der Waals surface area contributed by atoms with Crippen LogP contribution < -0.4 is 0 Å². The molecule has 0 saturated heterocycles. The second-order valence-corrected chi connectivity index (χ2v) is 12.0. The predicted molar refractivity (Wildman–Crippen MR) is 145 cm³/mol. The molecule has 0 heterocycles. The van der Waals surface area contributed by atoms with E-state index in [4.69, 9.17) is 4.74 Å². The second kappa shape index (κ2) is 14.7. The van der Waals surface area contributed by atoms with Gasteiger partial charge in [-0.1, -0.05) is 104 Å². The van der Waals surface area contributed by atoms with Crippen LogP contribution in [-0.4, -0.2) is 46.2 Å². The van der Waals surface area contributed by atoms with Gasteiger partial charge in [-0.25, -0.2) is 4.79 Å². The molecule has 3 aliphatic carbocycles. The smallest absolute Gasteiger partial charge is 0.333 e. The molecule has 0 aromatic rings. The van der Waals surface area contributed by atoms with Crippen LogP contribution in [0.15, 0.2) is 4.99 Å². The van der Waals surface area contributed by atoms with E-state index in [-0.39, 0.29) is 17.9 Å². The van der Waals surface area contributed by atoms with Crippen molar-refractivity contribution in [2.24, 2.45) is 22.2 Å². The summed E-state index contributed by atoms with van der Waals surface area (Å²) in [6, 6.07) is -0.936. The molecule has 5 heteroatoms. The zero-order valence-electron chi connectivity index (χ0n) is 23.5. The molecule has 5 atom stereocenters. The average Bonchev–Trinajstić information content (AvgIpc) is 2.80. The van der Waals surface area contributed by atoms with Gasteiger partial charge in [0.2, 0.25) is 0 Å². The van der Waals surface area contributed by atoms with Crippen LogP contribution in [0.3, 0.4) is 0 Å². The summed E-state index contributed by atoms with van der Waals surface area (Å²) in [5, 5.41) is 22.1. The number of carbonyl (C=O) groups excluding carboxylic acids is 1. The van der Waals surface area contributed by atoms with E-state index in [1.807, 2.05) is 6.92 Å². The van der Waals surface area contributed by atoms with Crippen LogP contribution in [-0.2, 0) is 9.53 Å². The van der Waals surface area contributed by atoms with E-state index in [1.54, 1.807) is 6.92 Å². The number of carbonyl (C=O) groups is 1. The van der Waals surface area contributed by atoms with Gasteiger partial charge in [0.05, 0.1) is 12.7 Å². The first kappa shape index (κ1) is 30.3. The highest BCUT2D eigenvalue weighted by molar-refractivity contribution is 5.96. The van der Waals surface area contributed by atoms with Crippen molar-refractivity contribution in [1.82, 2.24) is 0 Å². The molecule has 0 aliphatic heterocycles. The summed E-state index contributed by atoms with van der Waals surface area (Å²) < 4.78 is 5.25. The number of esters is 1. The van der Waals surface area contributed by atoms with Gasteiger partial charge in [0, 0.05) is 5.71 Å². The Morgan fingerprint density at radius 2 is 1.46 bits per heavy atom. The van der Waals surface area contributed by atoms with Crippen molar-refractivity contribution < 1.29 is 19.7 Å². The molecule has 3 rings (SSSR count). The summed E-state index contributed by atoms with van der Waals surface area (Å²) in [6.07, 6.45) is 18.0. The van der Waals surface area contributed by atoms with E-state index in [9.17, 15) is 15.0 Å². The zero-order valence-corrected chi connectivity index (χ0v) is 23.5. The lowest BCUT2D eigenvalue weighted by molar-refractivity contribution is -0.148. The summed E-state index contributed by atoms with van der Waals surface area (Å²) >= 11 is 0. The Kier molecular flexibility index (Phi) is 12.7. The Bertz CT molecular complexity index is 657. The van der Waals surface area contributed by atoms with Crippen molar-refractivity contribution in [3.8, 4) is 0 Å². The highest BCUT2D eigenvalue weighted by Gasteiger charge is 2.61. The zero-order chi connectivity index (χ0) is 25.9. The summed E-state index contributed by atoms with van der Waals surface area (Å²) in [5.74, 6) is 0.151. The largest absolute Gasteiger partial charge is 0.464 e. The molecule has 0 unspecified atom stereocenters. The van der Waals surface area contributed by atoms with Gasteiger partial charge in [-0.3, -0.25) is 4.99 Å². The second-order valence-electron chi connectivity index (χ2n) is 12.0. The molecule has 0 radical (unpaired) electrons. The number of aliphatic imine (C=N–C) groups is 1. The molecular weight excluding hydrogens is 438 g/mol. The maximum absolute atomic E-state index is 12.7. The van der Waals surface area contributed by atoms with Crippen LogP contribution in [0.25, 0.3) is 0 Å². The summed E-state index contributed by atoms with van der Waals surface area (Å²) in [5.41, 5.74) is -0.270. The monoisotopic (exact) mass is 493 g/mol. The molecule has 2 N–H and O–H groups in total. The minimum absolute atomic E-state index is 0.0925. The quantitative estimate of drug-likeness (QED) is 0.159. The summed E-state index contributed by atoms with van der Waals surface area (Å²) in [4.78, 5) is 17.3. The molecule has 0 amide bonds. The Labute approximate surface area is 215 Å². The van der Waals surface area contributed by atoms with Gasteiger partial charge in [-0.15, -0.1) is 0 Å². The van der Waals surface area contributed by atoms with E-state index >= 15 is 0 Å². The van der Waals surface area contributed by atoms with Crippen LogP contribution >= 0.6 is 0 Å². The molecular formula is C30H55NO4. The number of hydrogen-bond donors (Lipinski definition) is 2. The van der Waals surface area contributed by atoms with E-state index in [2.05, 4.69) is 25.8 Å². The van der Waals surface area contributed by atoms with Crippen LogP contribution in [0.4, 0.5) is 0 Å². The highest BCUT2D eigenvalue weighted by atomic mass is 16.5. The fraction of sp³-hybridized carbons (Fsp3) is 0.933. The molecule has 3 saturated carbocycles. The standard InChI is InChI=1S/C30H55NO4/c1-6-8-9-10-11-12-13-14-15-16-17-18-19-20-24(32)27(28(33)35-7-2)31-26-22-23-21-25(29(23,3)4)30(26,5)34/h23-25,27,32,34H,6-22H2,1-5H3/t23-,24-,25-,27-,30-/m1/s1. The van der Waals surface area contributed by atoms with Gasteiger partial charge >= 0.3 is 5.97 Å². The molecule has 3 fully saturated rings. The average molecular weight is 494 g/mol. The van der Waals surface area contributed by atoms with Gasteiger partial charge in [-0.2, -0.15) is 0 Å². The third-order valence-corrected chi connectivity index (χ3v) is 8.96. The number of aliphatic hydroxyl groups excluding tert-OH is 1. The Morgan fingerprint density at radius 3 is 1.91 bits per heavy atom. The number of rotatable bonds is 18. The van der Waals surface area contributed by atoms with E-state index < -0.39 is 23.7 Å².